The predicted molar refractivity (Wildman–Crippen MR) is 74.8 cm³/mol. The van der Waals surface area contributed by atoms with Gasteiger partial charge in [-0.2, -0.15) is 4.37 Å². The minimum atomic E-state index is 0.105. The van der Waals surface area contributed by atoms with E-state index in [2.05, 4.69) is 35.4 Å². The summed E-state index contributed by atoms with van der Waals surface area (Å²) in [5.41, 5.74) is 0.105. The molecule has 2 rings (SSSR count). The maximum atomic E-state index is 5.75. The second kappa shape index (κ2) is 5.86. The van der Waals surface area contributed by atoms with Gasteiger partial charge in [-0.25, -0.2) is 4.98 Å². The molecule has 0 spiro atoms. The van der Waals surface area contributed by atoms with Crippen molar-refractivity contribution in [2.75, 3.05) is 0 Å². The van der Waals surface area contributed by atoms with E-state index in [0.29, 0.717) is 0 Å². The molecule has 18 heavy (non-hydrogen) atoms. The molecule has 0 bridgehead atoms. The van der Waals surface area contributed by atoms with Crippen molar-refractivity contribution >= 4 is 23.3 Å². The molecule has 0 unspecified atom stereocenters. The van der Waals surface area contributed by atoms with E-state index in [1.165, 1.54) is 11.5 Å². The molecule has 2 aromatic rings. The minimum Gasteiger partial charge on any atom is -0.464 e. The standard InChI is InChI=1S/C12H17N3OS2/c1-12(2,3)14-6-9-4-5-10(16-9)7-17-11-13-8-15-18-11/h4-5,8,14H,6-7H2,1-3H3. The second-order valence-corrected chi connectivity index (χ2v) is 6.97. The zero-order chi connectivity index (χ0) is 13.0. The first-order valence-electron chi connectivity index (χ1n) is 5.75. The maximum absolute atomic E-state index is 5.75. The second-order valence-electron chi connectivity index (χ2n) is 4.97. The first-order valence-corrected chi connectivity index (χ1v) is 7.51. The number of nitrogens with zero attached hydrogens (tertiary/aromatic N) is 2. The topological polar surface area (TPSA) is 51.0 Å². The third kappa shape index (κ3) is 4.44. The van der Waals surface area contributed by atoms with Crippen LogP contribution in [0.25, 0.3) is 0 Å². The number of rotatable bonds is 5. The molecule has 2 heterocycles. The lowest BCUT2D eigenvalue weighted by molar-refractivity contribution is 0.382. The van der Waals surface area contributed by atoms with Gasteiger partial charge >= 0.3 is 0 Å². The van der Waals surface area contributed by atoms with Gasteiger partial charge in [0, 0.05) is 5.54 Å². The largest absolute Gasteiger partial charge is 0.464 e. The molecule has 0 aliphatic heterocycles. The SMILES string of the molecule is CC(C)(C)NCc1ccc(CSc2ncns2)o1. The number of nitrogens with one attached hydrogen (secondary N) is 1. The first-order chi connectivity index (χ1) is 8.53. The van der Waals surface area contributed by atoms with Crippen molar-refractivity contribution < 1.29 is 4.42 Å². The number of furan rings is 1. The van der Waals surface area contributed by atoms with Crippen molar-refractivity contribution in [3.05, 3.63) is 30.0 Å². The minimum absolute atomic E-state index is 0.105. The van der Waals surface area contributed by atoms with Gasteiger partial charge in [0.15, 0.2) is 4.34 Å². The summed E-state index contributed by atoms with van der Waals surface area (Å²) in [6.45, 7) is 7.18. The molecule has 0 saturated carbocycles. The number of hydrogen-bond donors (Lipinski definition) is 1. The molecule has 0 aliphatic rings. The zero-order valence-electron chi connectivity index (χ0n) is 10.8. The number of thioether (sulfide) groups is 1. The van der Waals surface area contributed by atoms with Crippen molar-refractivity contribution in [2.24, 2.45) is 0 Å². The fourth-order valence-corrected chi connectivity index (χ4v) is 2.64. The molecule has 0 aromatic carbocycles. The van der Waals surface area contributed by atoms with Gasteiger partial charge in [-0.3, -0.25) is 0 Å². The average molecular weight is 283 g/mol. The molecule has 0 saturated heterocycles. The summed E-state index contributed by atoms with van der Waals surface area (Å²) in [5, 5.41) is 3.40. The Kier molecular flexibility index (Phi) is 4.42. The molecule has 0 amide bonds. The number of hydrogen-bond acceptors (Lipinski definition) is 6. The van der Waals surface area contributed by atoms with E-state index in [4.69, 9.17) is 4.42 Å². The van der Waals surface area contributed by atoms with Crippen molar-refractivity contribution in [3.63, 3.8) is 0 Å². The van der Waals surface area contributed by atoms with Gasteiger partial charge in [-0.15, -0.1) is 0 Å². The van der Waals surface area contributed by atoms with E-state index >= 15 is 0 Å². The Morgan fingerprint density at radius 2 is 2.11 bits per heavy atom. The van der Waals surface area contributed by atoms with Gasteiger partial charge in [0.1, 0.15) is 17.8 Å². The van der Waals surface area contributed by atoms with E-state index < -0.39 is 0 Å². The van der Waals surface area contributed by atoms with Crippen LogP contribution in [-0.2, 0) is 12.3 Å². The molecule has 0 radical (unpaired) electrons. The van der Waals surface area contributed by atoms with Gasteiger partial charge < -0.3 is 9.73 Å². The van der Waals surface area contributed by atoms with Gasteiger partial charge in [0.2, 0.25) is 0 Å². The Morgan fingerprint density at radius 1 is 1.33 bits per heavy atom. The molecule has 2 aromatic heterocycles. The van der Waals surface area contributed by atoms with E-state index in [1.54, 1.807) is 18.1 Å². The maximum Gasteiger partial charge on any atom is 0.170 e. The number of aromatic nitrogens is 2. The average Bonchev–Trinajstić information content (AvgIpc) is 2.94. The highest BCUT2D eigenvalue weighted by Gasteiger charge is 2.10. The van der Waals surface area contributed by atoms with Crippen LogP contribution in [0.4, 0.5) is 0 Å². The zero-order valence-corrected chi connectivity index (χ0v) is 12.4. The van der Waals surface area contributed by atoms with Crippen LogP contribution in [0.3, 0.4) is 0 Å². The summed E-state index contributed by atoms with van der Waals surface area (Å²) in [4.78, 5) is 4.12. The Hall–Kier alpha value is -0.850. The lowest BCUT2D eigenvalue weighted by atomic mass is 10.1. The highest BCUT2D eigenvalue weighted by Crippen LogP contribution is 2.24. The van der Waals surface area contributed by atoms with E-state index in [0.717, 1.165) is 28.2 Å². The quantitative estimate of drug-likeness (QED) is 0.853. The van der Waals surface area contributed by atoms with E-state index in [1.807, 2.05) is 12.1 Å². The summed E-state index contributed by atoms with van der Waals surface area (Å²) in [5.74, 6) is 2.74. The van der Waals surface area contributed by atoms with Crippen LogP contribution in [0.1, 0.15) is 32.3 Å². The van der Waals surface area contributed by atoms with Crippen molar-refractivity contribution in [3.8, 4) is 0 Å². The molecule has 0 fully saturated rings. The van der Waals surface area contributed by atoms with Crippen LogP contribution in [0, 0.1) is 0 Å². The Balaban J connectivity index is 1.82. The van der Waals surface area contributed by atoms with Gasteiger partial charge in [0.05, 0.1) is 12.3 Å². The molecular weight excluding hydrogens is 266 g/mol. The molecule has 98 valence electrons. The van der Waals surface area contributed by atoms with Crippen molar-refractivity contribution in [1.82, 2.24) is 14.7 Å². The molecule has 0 atom stereocenters. The van der Waals surface area contributed by atoms with Crippen LogP contribution in [0.2, 0.25) is 0 Å². The lowest BCUT2D eigenvalue weighted by Crippen LogP contribution is -2.34. The summed E-state index contributed by atoms with van der Waals surface area (Å²) in [6, 6.07) is 4.04. The Bertz CT molecular complexity index is 474. The molecule has 0 aliphatic carbocycles. The lowest BCUT2D eigenvalue weighted by Gasteiger charge is -2.19. The van der Waals surface area contributed by atoms with Gasteiger partial charge in [-0.05, 0) is 44.4 Å². The van der Waals surface area contributed by atoms with Crippen LogP contribution in [-0.4, -0.2) is 14.9 Å². The molecule has 6 heteroatoms. The van der Waals surface area contributed by atoms with Gasteiger partial charge in [-0.1, -0.05) is 11.8 Å². The summed E-state index contributed by atoms with van der Waals surface area (Å²) in [7, 11) is 0. The van der Waals surface area contributed by atoms with Crippen LogP contribution >= 0.6 is 23.3 Å². The monoisotopic (exact) mass is 283 g/mol. The van der Waals surface area contributed by atoms with Crippen molar-refractivity contribution in [2.45, 2.75) is 42.9 Å². The fourth-order valence-electron chi connectivity index (χ4n) is 1.31. The summed E-state index contributed by atoms with van der Waals surface area (Å²) in [6.07, 6.45) is 1.58. The third-order valence-electron chi connectivity index (χ3n) is 2.19. The fraction of sp³-hybridized carbons (Fsp3) is 0.500. The highest BCUT2D eigenvalue weighted by atomic mass is 32.2. The smallest absolute Gasteiger partial charge is 0.170 e. The molecular formula is C12H17N3OS2. The van der Waals surface area contributed by atoms with Crippen LogP contribution in [0.15, 0.2) is 27.2 Å². The van der Waals surface area contributed by atoms with Gasteiger partial charge in [0.25, 0.3) is 0 Å². The highest BCUT2D eigenvalue weighted by molar-refractivity contribution is 8.00. The predicted octanol–water partition coefficient (Wildman–Crippen LogP) is 3.31. The van der Waals surface area contributed by atoms with E-state index in [-0.39, 0.29) is 5.54 Å². The Labute approximate surface area is 115 Å². The summed E-state index contributed by atoms with van der Waals surface area (Å²) < 4.78 is 10.7. The molecule has 4 nitrogen and oxygen atoms in total. The first kappa shape index (κ1) is 13.6. The molecule has 1 N–H and O–H groups in total. The normalized spacial score (nSPS) is 11.9. The third-order valence-corrected chi connectivity index (χ3v) is 4.01. The van der Waals surface area contributed by atoms with Crippen LogP contribution in [0.5, 0.6) is 0 Å². The van der Waals surface area contributed by atoms with E-state index in [9.17, 15) is 0 Å². The van der Waals surface area contributed by atoms with Crippen LogP contribution < -0.4 is 5.32 Å². The van der Waals surface area contributed by atoms with Crippen molar-refractivity contribution in [1.29, 1.82) is 0 Å². The Morgan fingerprint density at radius 3 is 2.78 bits per heavy atom. The summed E-state index contributed by atoms with van der Waals surface area (Å²) >= 11 is 3.06.